The van der Waals surface area contributed by atoms with Crippen LogP contribution in [-0.2, 0) is 11.3 Å². The summed E-state index contributed by atoms with van der Waals surface area (Å²) in [7, 11) is 0. The molecule has 164 valence electrons. The van der Waals surface area contributed by atoms with Gasteiger partial charge in [0.25, 0.3) is 0 Å². The molecule has 11 heteroatoms. The highest BCUT2D eigenvalue weighted by Crippen LogP contribution is 2.25. The van der Waals surface area contributed by atoms with Gasteiger partial charge in [0.1, 0.15) is 5.82 Å². The van der Waals surface area contributed by atoms with E-state index >= 15 is 0 Å². The van der Waals surface area contributed by atoms with Gasteiger partial charge in [0.2, 0.25) is 5.91 Å². The first-order valence-corrected chi connectivity index (χ1v) is 9.37. The number of anilines is 1. The molecule has 0 atom stereocenters. The Morgan fingerprint density at radius 2 is 2.03 bits per heavy atom. The van der Waals surface area contributed by atoms with E-state index in [4.69, 9.17) is 5.73 Å². The Labute approximate surface area is 185 Å². The number of halogens is 4. The molecule has 0 unspecified atom stereocenters. The second kappa shape index (κ2) is 12.0. The minimum Gasteiger partial charge on any atom is -0.369 e. The second-order valence-electron chi connectivity index (χ2n) is 6.64. The lowest BCUT2D eigenvalue weighted by molar-refractivity contribution is -0.132. The molecular formula is C18H28F3IN6O. The van der Waals surface area contributed by atoms with Gasteiger partial charge < -0.3 is 21.3 Å². The molecule has 1 saturated heterocycles. The third-order valence-corrected chi connectivity index (χ3v) is 4.52. The lowest BCUT2D eigenvalue weighted by atomic mass is 9.96. The number of primary amides is 1. The number of hydrogen-bond acceptors (Lipinski definition) is 4. The van der Waals surface area contributed by atoms with Crippen molar-refractivity contribution in [2.75, 3.05) is 31.1 Å². The van der Waals surface area contributed by atoms with Crippen molar-refractivity contribution >= 4 is 41.7 Å². The fraction of sp³-hybridized carbons (Fsp3) is 0.611. The number of nitrogens with two attached hydrogens (primary N) is 1. The molecule has 0 aromatic carbocycles. The molecule has 2 heterocycles. The van der Waals surface area contributed by atoms with E-state index in [-0.39, 0.29) is 48.9 Å². The highest BCUT2D eigenvalue weighted by Gasteiger charge is 2.26. The highest BCUT2D eigenvalue weighted by molar-refractivity contribution is 14.0. The number of carbonyl (C=O) groups is 1. The topological polar surface area (TPSA) is 95.6 Å². The van der Waals surface area contributed by atoms with Gasteiger partial charge in [-0.2, -0.15) is 13.2 Å². The molecule has 1 aliphatic heterocycles. The van der Waals surface area contributed by atoms with Gasteiger partial charge in [0, 0.05) is 43.9 Å². The van der Waals surface area contributed by atoms with E-state index in [9.17, 15) is 18.0 Å². The molecule has 2 rings (SSSR count). The van der Waals surface area contributed by atoms with E-state index < -0.39 is 12.6 Å². The number of amides is 1. The zero-order chi connectivity index (χ0) is 20.6. The van der Waals surface area contributed by atoms with Crippen molar-refractivity contribution in [3.8, 4) is 0 Å². The van der Waals surface area contributed by atoms with Gasteiger partial charge in [-0.25, -0.2) is 9.98 Å². The Bertz CT molecular complexity index is 678. The number of alkyl halides is 3. The average molecular weight is 528 g/mol. The summed E-state index contributed by atoms with van der Waals surface area (Å²) < 4.78 is 37.0. The zero-order valence-corrected chi connectivity index (χ0v) is 18.7. The SMILES string of the molecule is CCNC(=NCc1cccnc1N1CCC(C(N)=O)CC1)NCCC(F)(F)F.I. The molecule has 1 aliphatic rings. The van der Waals surface area contributed by atoms with Crippen LogP contribution in [0.3, 0.4) is 0 Å². The second-order valence-corrected chi connectivity index (χ2v) is 6.64. The summed E-state index contributed by atoms with van der Waals surface area (Å²) >= 11 is 0. The number of aliphatic imine (C=N–C) groups is 1. The first-order valence-electron chi connectivity index (χ1n) is 9.37. The van der Waals surface area contributed by atoms with Crippen LogP contribution >= 0.6 is 24.0 Å². The number of aromatic nitrogens is 1. The van der Waals surface area contributed by atoms with Crippen LogP contribution in [0.2, 0.25) is 0 Å². The van der Waals surface area contributed by atoms with Crippen molar-refractivity contribution < 1.29 is 18.0 Å². The summed E-state index contributed by atoms with van der Waals surface area (Å²) in [5.74, 6) is 0.722. The van der Waals surface area contributed by atoms with Crippen LogP contribution in [0.5, 0.6) is 0 Å². The predicted octanol–water partition coefficient (Wildman–Crippen LogP) is 2.41. The fourth-order valence-electron chi connectivity index (χ4n) is 3.04. The highest BCUT2D eigenvalue weighted by atomic mass is 127. The summed E-state index contributed by atoms with van der Waals surface area (Å²) in [4.78, 5) is 22.3. The van der Waals surface area contributed by atoms with Gasteiger partial charge in [-0.05, 0) is 25.8 Å². The van der Waals surface area contributed by atoms with E-state index in [1.165, 1.54) is 0 Å². The molecule has 1 aromatic rings. The van der Waals surface area contributed by atoms with Gasteiger partial charge in [-0.15, -0.1) is 24.0 Å². The average Bonchev–Trinajstić information content (AvgIpc) is 2.65. The van der Waals surface area contributed by atoms with Crippen LogP contribution in [0.25, 0.3) is 0 Å². The van der Waals surface area contributed by atoms with Crippen LogP contribution in [0.4, 0.5) is 19.0 Å². The zero-order valence-electron chi connectivity index (χ0n) is 16.3. The normalized spacial score (nSPS) is 15.6. The molecule has 7 nitrogen and oxygen atoms in total. The summed E-state index contributed by atoms with van der Waals surface area (Å²) in [5.41, 5.74) is 6.25. The maximum atomic E-state index is 12.3. The van der Waals surface area contributed by atoms with Crippen molar-refractivity contribution in [3.63, 3.8) is 0 Å². The number of piperidine rings is 1. The number of guanidine groups is 1. The Balaban J connectivity index is 0.00000420. The first-order chi connectivity index (χ1) is 13.3. The first kappa shape index (κ1) is 25.2. The number of nitrogens with zero attached hydrogens (tertiary/aromatic N) is 3. The maximum Gasteiger partial charge on any atom is 0.390 e. The third-order valence-electron chi connectivity index (χ3n) is 4.52. The van der Waals surface area contributed by atoms with Crippen LogP contribution in [-0.4, -0.2) is 49.2 Å². The van der Waals surface area contributed by atoms with Crippen molar-refractivity contribution in [1.82, 2.24) is 15.6 Å². The molecule has 0 aliphatic carbocycles. The van der Waals surface area contributed by atoms with Crippen LogP contribution in [0.15, 0.2) is 23.3 Å². The number of carbonyl (C=O) groups excluding carboxylic acids is 1. The molecule has 0 bridgehead atoms. The van der Waals surface area contributed by atoms with E-state index in [0.29, 0.717) is 38.4 Å². The molecule has 0 spiro atoms. The van der Waals surface area contributed by atoms with E-state index in [0.717, 1.165) is 11.4 Å². The Kier molecular flexibility index (Phi) is 10.5. The Hall–Kier alpha value is -1.79. The van der Waals surface area contributed by atoms with Crippen molar-refractivity contribution in [2.24, 2.45) is 16.6 Å². The number of nitrogens with one attached hydrogen (secondary N) is 2. The molecule has 1 fully saturated rings. The monoisotopic (exact) mass is 528 g/mol. The fourth-order valence-corrected chi connectivity index (χ4v) is 3.04. The van der Waals surface area contributed by atoms with E-state index in [2.05, 4.69) is 25.5 Å². The summed E-state index contributed by atoms with van der Waals surface area (Å²) in [6, 6.07) is 3.69. The van der Waals surface area contributed by atoms with Crippen LogP contribution < -0.4 is 21.3 Å². The predicted molar refractivity (Wildman–Crippen MR) is 117 cm³/mol. The largest absolute Gasteiger partial charge is 0.390 e. The van der Waals surface area contributed by atoms with Gasteiger partial charge in [0.15, 0.2) is 5.96 Å². The minimum atomic E-state index is -4.21. The van der Waals surface area contributed by atoms with Gasteiger partial charge in [-0.1, -0.05) is 6.07 Å². The molecule has 29 heavy (non-hydrogen) atoms. The summed E-state index contributed by atoms with van der Waals surface area (Å²) in [6.45, 7) is 3.77. The lowest BCUT2D eigenvalue weighted by Crippen LogP contribution is -2.39. The summed E-state index contributed by atoms with van der Waals surface area (Å²) in [6.07, 6.45) is -2.09. The summed E-state index contributed by atoms with van der Waals surface area (Å²) in [5, 5.41) is 5.64. The lowest BCUT2D eigenvalue weighted by Gasteiger charge is -2.32. The standard InChI is InChI=1S/C18H27F3N6O.HI/c1-2-23-17(25-9-7-18(19,20)21)26-12-14-4-3-8-24-16(14)27-10-5-13(6-11-27)15(22)28;/h3-4,8,13H,2,5-7,9-12H2,1H3,(H2,22,28)(H2,23,25,26);1H. The van der Waals surface area contributed by atoms with Crippen molar-refractivity contribution in [1.29, 1.82) is 0 Å². The minimum absolute atomic E-state index is 0. The molecule has 1 aromatic heterocycles. The number of rotatable bonds is 7. The number of hydrogen-bond donors (Lipinski definition) is 3. The van der Waals surface area contributed by atoms with E-state index in [1.807, 2.05) is 13.0 Å². The van der Waals surface area contributed by atoms with Crippen molar-refractivity contribution in [3.05, 3.63) is 23.9 Å². The van der Waals surface area contributed by atoms with E-state index in [1.54, 1.807) is 12.3 Å². The molecule has 0 radical (unpaired) electrons. The van der Waals surface area contributed by atoms with Gasteiger partial charge in [0.05, 0.1) is 13.0 Å². The van der Waals surface area contributed by atoms with Gasteiger partial charge in [-0.3, -0.25) is 4.79 Å². The molecule has 0 saturated carbocycles. The molecule has 4 N–H and O–H groups in total. The van der Waals surface area contributed by atoms with Crippen LogP contribution in [0, 0.1) is 5.92 Å². The maximum absolute atomic E-state index is 12.3. The molecule has 1 amide bonds. The van der Waals surface area contributed by atoms with Crippen molar-refractivity contribution in [2.45, 2.75) is 38.9 Å². The Morgan fingerprint density at radius 1 is 1.34 bits per heavy atom. The smallest absolute Gasteiger partial charge is 0.369 e. The molecular weight excluding hydrogens is 500 g/mol. The third kappa shape index (κ3) is 8.62. The Morgan fingerprint density at radius 3 is 2.62 bits per heavy atom. The number of pyridine rings is 1. The van der Waals surface area contributed by atoms with Gasteiger partial charge >= 0.3 is 6.18 Å². The quantitative estimate of drug-likeness (QED) is 0.287. The van der Waals surface area contributed by atoms with Crippen LogP contribution in [0.1, 0.15) is 31.7 Å².